The van der Waals surface area contributed by atoms with Gasteiger partial charge in [0.15, 0.2) is 11.6 Å². The van der Waals surface area contributed by atoms with Crippen LogP contribution in [0.25, 0.3) is 0 Å². The molecular formula is C14H12N4O2. The Morgan fingerprint density at radius 2 is 0.950 bits per heavy atom. The van der Waals surface area contributed by atoms with Gasteiger partial charge in [-0.15, -0.1) is 0 Å². The Bertz CT molecular complexity index is 729. The van der Waals surface area contributed by atoms with Crippen molar-refractivity contribution in [2.24, 2.45) is 0 Å². The molecule has 0 unspecified atom stereocenters. The number of nitrogen functional groups attached to an aromatic ring is 4. The minimum absolute atomic E-state index is 0.113. The lowest BCUT2D eigenvalue weighted by atomic mass is 9.82. The molecule has 0 fully saturated rings. The fourth-order valence-corrected chi connectivity index (χ4v) is 2.41. The van der Waals surface area contributed by atoms with E-state index in [2.05, 4.69) is 0 Å². The van der Waals surface area contributed by atoms with Gasteiger partial charge in [0, 0.05) is 11.1 Å². The Morgan fingerprint density at radius 3 is 1.30 bits per heavy atom. The summed E-state index contributed by atoms with van der Waals surface area (Å²) >= 11 is 0. The zero-order valence-corrected chi connectivity index (χ0v) is 10.4. The van der Waals surface area contributed by atoms with E-state index in [4.69, 9.17) is 22.9 Å². The van der Waals surface area contributed by atoms with Gasteiger partial charge in [-0.05, 0) is 24.3 Å². The molecule has 0 spiro atoms. The van der Waals surface area contributed by atoms with Gasteiger partial charge in [-0.1, -0.05) is 0 Å². The first-order valence-corrected chi connectivity index (χ1v) is 5.88. The maximum absolute atomic E-state index is 12.5. The van der Waals surface area contributed by atoms with E-state index >= 15 is 0 Å². The maximum Gasteiger partial charge on any atom is 0.196 e. The van der Waals surface area contributed by atoms with Gasteiger partial charge in [-0.25, -0.2) is 0 Å². The first-order valence-electron chi connectivity index (χ1n) is 5.88. The second-order valence-electron chi connectivity index (χ2n) is 4.64. The largest absolute Gasteiger partial charge is 0.397 e. The highest BCUT2D eigenvalue weighted by Gasteiger charge is 2.33. The van der Waals surface area contributed by atoms with Crippen LogP contribution < -0.4 is 22.9 Å². The van der Waals surface area contributed by atoms with Crippen LogP contribution in [-0.2, 0) is 0 Å². The summed E-state index contributed by atoms with van der Waals surface area (Å²) in [6, 6.07) is 5.94. The number of hydrogen-bond acceptors (Lipinski definition) is 6. The van der Waals surface area contributed by atoms with Crippen LogP contribution in [0.2, 0.25) is 0 Å². The minimum atomic E-state index is -0.369. The zero-order chi connectivity index (χ0) is 14.6. The highest BCUT2D eigenvalue weighted by atomic mass is 16.1. The Morgan fingerprint density at radius 1 is 0.600 bits per heavy atom. The predicted molar refractivity (Wildman–Crippen MR) is 77.4 cm³/mol. The van der Waals surface area contributed by atoms with E-state index < -0.39 is 0 Å². The van der Waals surface area contributed by atoms with Crippen LogP contribution in [0.5, 0.6) is 0 Å². The number of nitrogens with two attached hydrogens (primary N) is 4. The molecule has 0 aromatic heterocycles. The number of carbonyl (C=O) groups excluding carboxylic acids is 2. The Balaban J connectivity index is 2.40. The van der Waals surface area contributed by atoms with Crippen LogP contribution >= 0.6 is 0 Å². The lowest BCUT2D eigenvalue weighted by Crippen LogP contribution is -2.24. The third-order valence-corrected chi connectivity index (χ3v) is 3.50. The van der Waals surface area contributed by atoms with Crippen molar-refractivity contribution in [3.8, 4) is 0 Å². The molecule has 100 valence electrons. The fraction of sp³-hybridized carbons (Fsp3) is 0. The molecule has 6 heteroatoms. The molecule has 3 rings (SSSR count). The van der Waals surface area contributed by atoms with Crippen molar-refractivity contribution >= 4 is 34.3 Å². The second-order valence-corrected chi connectivity index (χ2v) is 4.64. The molecule has 0 atom stereocenters. The SMILES string of the molecule is Nc1ccc2c(c1N)C(=O)c1ccc(N)c(N)c1C2=O. The van der Waals surface area contributed by atoms with Crippen molar-refractivity contribution < 1.29 is 9.59 Å². The lowest BCUT2D eigenvalue weighted by Gasteiger charge is -2.21. The molecule has 1 aliphatic carbocycles. The van der Waals surface area contributed by atoms with E-state index in [1.807, 2.05) is 0 Å². The number of carbonyl (C=O) groups is 2. The maximum atomic E-state index is 12.5. The predicted octanol–water partition coefficient (Wildman–Crippen LogP) is 0.791. The average molecular weight is 268 g/mol. The van der Waals surface area contributed by atoms with Crippen LogP contribution in [-0.4, -0.2) is 11.6 Å². The van der Waals surface area contributed by atoms with Crippen molar-refractivity contribution in [2.45, 2.75) is 0 Å². The molecule has 0 aliphatic heterocycles. The fourth-order valence-electron chi connectivity index (χ4n) is 2.41. The molecule has 0 saturated heterocycles. The van der Waals surface area contributed by atoms with Crippen LogP contribution in [0, 0.1) is 0 Å². The summed E-state index contributed by atoms with van der Waals surface area (Å²) in [5.74, 6) is -0.739. The van der Waals surface area contributed by atoms with E-state index in [0.717, 1.165) is 0 Å². The highest BCUT2D eigenvalue weighted by Crippen LogP contribution is 2.37. The van der Waals surface area contributed by atoms with E-state index in [1.54, 1.807) is 0 Å². The monoisotopic (exact) mass is 268 g/mol. The minimum Gasteiger partial charge on any atom is -0.397 e. The van der Waals surface area contributed by atoms with Crippen molar-refractivity contribution in [2.75, 3.05) is 22.9 Å². The number of fused-ring (bicyclic) bond motifs is 2. The Labute approximate surface area is 114 Å². The Hall–Kier alpha value is -3.02. The Kier molecular flexibility index (Phi) is 2.25. The van der Waals surface area contributed by atoms with E-state index in [1.165, 1.54) is 24.3 Å². The quantitative estimate of drug-likeness (QED) is 0.444. The van der Waals surface area contributed by atoms with Crippen LogP contribution in [0.3, 0.4) is 0 Å². The van der Waals surface area contributed by atoms with Gasteiger partial charge in [0.05, 0.1) is 33.9 Å². The summed E-state index contributed by atoms with van der Waals surface area (Å²) in [5, 5.41) is 0. The number of anilines is 4. The highest BCUT2D eigenvalue weighted by molar-refractivity contribution is 6.32. The van der Waals surface area contributed by atoms with E-state index in [-0.39, 0.29) is 56.6 Å². The number of ketones is 2. The summed E-state index contributed by atoms with van der Waals surface area (Å²) < 4.78 is 0. The topological polar surface area (TPSA) is 138 Å². The van der Waals surface area contributed by atoms with Gasteiger partial charge in [0.1, 0.15) is 0 Å². The third kappa shape index (κ3) is 1.33. The van der Waals surface area contributed by atoms with Crippen LogP contribution in [0.1, 0.15) is 31.8 Å². The molecule has 2 aromatic rings. The van der Waals surface area contributed by atoms with Gasteiger partial charge in [0.25, 0.3) is 0 Å². The van der Waals surface area contributed by atoms with Crippen molar-refractivity contribution in [1.82, 2.24) is 0 Å². The lowest BCUT2D eigenvalue weighted by molar-refractivity contribution is 0.0980. The van der Waals surface area contributed by atoms with Crippen LogP contribution in [0.15, 0.2) is 24.3 Å². The molecule has 20 heavy (non-hydrogen) atoms. The van der Waals surface area contributed by atoms with Gasteiger partial charge >= 0.3 is 0 Å². The van der Waals surface area contributed by atoms with Crippen molar-refractivity contribution in [1.29, 1.82) is 0 Å². The second kappa shape index (κ2) is 3.74. The third-order valence-electron chi connectivity index (χ3n) is 3.50. The van der Waals surface area contributed by atoms with Crippen molar-refractivity contribution in [3.63, 3.8) is 0 Å². The molecule has 0 radical (unpaired) electrons. The number of benzene rings is 2. The summed E-state index contributed by atoms with van der Waals surface area (Å²) in [6.07, 6.45) is 0. The molecule has 0 amide bonds. The summed E-state index contributed by atoms with van der Waals surface area (Å²) in [5.41, 5.74) is 24.4. The molecule has 0 bridgehead atoms. The normalized spacial score (nSPS) is 13.0. The van der Waals surface area contributed by atoms with Gasteiger partial charge in [-0.3, -0.25) is 9.59 Å². The van der Waals surface area contributed by atoms with Crippen molar-refractivity contribution in [3.05, 3.63) is 46.5 Å². The van der Waals surface area contributed by atoms with E-state index in [9.17, 15) is 9.59 Å². The van der Waals surface area contributed by atoms with Crippen LogP contribution in [0.4, 0.5) is 22.7 Å². The van der Waals surface area contributed by atoms with Gasteiger partial charge in [0.2, 0.25) is 0 Å². The smallest absolute Gasteiger partial charge is 0.196 e. The molecule has 8 N–H and O–H groups in total. The molecule has 1 aliphatic rings. The zero-order valence-electron chi connectivity index (χ0n) is 10.4. The molecule has 0 saturated carbocycles. The molecule has 2 aromatic carbocycles. The van der Waals surface area contributed by atoms with E-state index in [0.29, 0.717) is 0 Å². The molecule has 0 heterocycles. The summed E-state index contributed by atoms with van der Waals surface area (Å²) in [7, 11) is 0. The number of rotatable bonds is 0. The van der Waals surface area contributed by atoms with Gasteiger partial charge in [-0.2, -0.15) is 0 Å². The first-order chi connectivity index (χ1) is 9.43. The first kappa shape index (κ1) is 12.0. The average Bonchev–Trinajstić information content (AvgIpc) is 2.42. The summed E-state index contributed by atoms with van der Waals surface area (Å²) in [4.78, 5) is 25.0. The summed E-state index contributed by atoms with van der Waals surface area (Å²) in [6.45, 7) is 0. The molecule has 6 nitrogen and oxygen atoms in total. The van der Waals surface area contributed by atoms with Gasteiger partial charge < -0.3 is 22.9 Å². The number of hydrogen-bond donors (Lipinski definition) is 4. The molecular weight excluding hydrogens is 256 g/mol. The standard InChI is InChI=1S/C14H12N4O2/c15-7-3-1-5-9(11(7)17)14(20)6-2-4-8(16)12(18)10(6)13(5)19/h1-4H,15-18H2.